The fourth-order valence-corrected chi connectivity index (χ4v) is 4.99. The number of rotatable bonds is 5. The summed E-state index contributed by atoms with van der Waals surface area (Å²) in [5, 5.41) is 3.53. The molecule has 168 valence electrons. The van der Waals surface area contributed by atoms with Crippen molar-refractivity contribution in [2.45, 2.75) is 38.4 Å². The Morgan fingerprint density at radius 3 is 2.56 bits per heavy atom. The number of thioether (sulfide) groups is 1. The normalized spacial score (nSPS) is 18.0. The van der Waals surface area contributed by atoms with E-state index in [1.54, 1.807) is 0 Å². The number of anilines is 1. The Kier molecular flexibility index (Phi) is 6.98. The number of carbonyl (C=O) groups is 1. The molecule has 2 aromatic carbocycles. The number of nitrogens with one attached hydrogen (secondary N) is 1. The van der Waals surface area contributed by atoms with Gasteiger partial charge in [-0.2, -0.15) is 0 Å². The molecule has 0 bridgehead atoms. The van der Waals surface area contributed by atoms with Gasteiger partial charge in [0.15, 0.2) is 5.66 Å². The first kappa shape index (κ1) is 23.0. The lowest BCUT2D eigenvalue weighted by atomic mass is 9.97. The summed E-state index contributed by atoms with van der Waals surface area (Å²) in [5.41, 5.74) is 1.88. The molecule has 0 atom stereocenters. The molecule has 2 aromatic rings. The lowest BCUT2D eigenvalue weighted by molar-refractivity contribution is -0.113. The van der Waals surface area contributed by atoms with Crippen molar-refractivity contribution in [3.8, 4) is 0 Å². The van der Waals surface area contributed by atoms with E-state index in [-0.39, 0.29) is 16.7 Å². The number of likely N-dealkylation sites (tertiary alicyclic amines) is 1. The van der Waals surface area contributed by atoms with Crippen molar-refractivity contribution in [3.05, 3.63) is 64.9 Å². The molecular formula is C24H26ClFN4OS. The molecule has 5 nitrogen and oxygen atoms in total. The first-order chi connectivity index (χ1) is 15.3. The van der Waals surface area contributed by atoms with Gasteiger partial charge in [-0.3, -0.25) is 9.79 Å². The van der Waals surface area contributed by atoms with E-state index in [2.05, 4.69) is 24.1 Å². The molecule has 2 aliphatic heterocycles. The summed E-state index contributed by atoms with van der Waals surface area (Å²) in [4.78, 5) is 25.1. The smallest absolute Gasteiger partial charge is 0.234 e. The third kappa shape index (κ3) is 5.22. The second-order valence-corrected chi connectivity index (χ2v) is 9.69. The molecule has 0 aromatic heterocycles. The number of piperidine rings is 1. The van der Waals surface area contributed by atoms with Crippen molar-refractivity contribution >= 4 is 45.7 Å². The van der Waals surface area contributed by atoms with Gasteiger partial charge in [-0.05, 0) is 32.0 Å². The van der Waals surface area contributed by atoms with E-state index in [0.29, 0.717) is 11.7 Å². The number of nitrogens with zero attached hydrogens (tertiary/aromatic N) is 3. The van der Waals surface area contributed by atoms with Gasteiger partial charge < -0.3 is 10.2 Å². The Morgan fingerprint density at radius 1 is 1.19 bits per heavy atom. The molecule has 1 spiro atoms. The van der Waals surface area contributed by atoms with Crippen LogP contribution in [0.25, 0.3) is 0 Å². The summed E-state index contributed by atoms with van der Waals surface area (Å²) in [6.45, 7) is 6.33. The molecular weight excluding hydrogens is 447 g/mol. The molecule has 2 aliphatic rings. The molecule has 1 fully saturated rings. The Labute approximate surface area is 197 Å². The molecule has 1 N–H and O–H groups in total. The summed E-state index contributed by atoms with van der Waals surface area (Å²) >= 11 is 7.19. The Morgan fingerprint density at radius 2 is 1.91 bits per heavy atom. The van der Waals surface area contributed by atoms with Gasteiger partial charge in [0.1, 0.15) is 10.9 Å². The first-order valence-electron chi connectivity index (χ1n) is 10.7. The van der Waals surface area contributed by atoms with Gasteiger partial charge in [-0.15, -0.1) is 0 Å². The minimum absolute atomic E-state index is 0.0243. The van der Waals surface area contributed by atoms with Crippen LogP contribution in [0.4, 0.5) is 10.1 Å². The highest BCUT2D eigenvalue weighted by atomic mass is 35.5. The maximum Gasteiger partial charge on any atom is 0.234 e. The van der Waals surface area contributed by atoms with Crippen LogP contribution in [0.1, 0.15) is 32.3 Å². The molecule has 0 unspecified atom stereocenters. The topological polar surface area (TPSA) is 57.1 Å². The minimum Gasteiger partial charge on any atom is -0.325 e. The SMILES string of the molecule is CC(C)N1CCC2(CC1)N=C(SCC(=O)Nc1ccc(F)c(Cl)c1)C(c1ccccc1)=N2. The fourth-order valence-electron chi connectivity index (χ4n) is 3.93. The molecule has 2 heterocycles. The molecule has 0 saturated carbocycles. The highest BCUT2D eigenvalue weighted by Crippen LogP contribution is 2.36. The van der Waals surface area contributed by atoms with Crippen LogP contribution in [0.5, 0.6) is 0 Å². The van der Waals surface area contributed by atoms with Gasteiger partial charge in [0.2, 0.25) is 5.91 Å². The Balaban J connectivity index is 1.48. The standard InChI is InChI=1S/C24H26ClFN4OS/c1-16(2)30-12-10-24(11-13-30)28-22(17-6-4-3-5-7-17)23(29-24)32-15-21(31)27-18-8-9-20(26)19(25)14-18/h3-9,14,16H,10-13,15H2,1-2H3,(H,27,31). The van der Waals surface area contributed by atoms with Crippen LogP contribution < -0.4 is 5.32 Å². The Bertz CT molecular complexity index is 1050. The summed E-state index contributed by atoms with van der Waals surface area (Å²) in [6, 6.07) is 14.6. The fraction of sp³-hybridized carbons (Fsp3) is 0.375. The second kappa shape index (κ2) is 9.73. The van der Waals surface area contributed by atoms with E-state index in [1.807, 2.05) is 30.3 Å². The number of carbonyl (C=O) groups excluding carboxylic acids is 1. The number of amides is 1. The molecule has 4 rings (SSSR count). The van der Waals surface area contributed by atoms with Crippen molar-refractivity contribution in [1.82, 2.24) is 4.90 Å². The van der Waals surface area contributed by atoms with E-state index in [1.165, 1.54) is 30.0 Å². The number of halogens is 2. The van der Waals surface area contributed by atoms with E-state index in [0.717, 1.165) is 42.3 Å². The number of hydrogen-bond acceptors (Lipinski definition) is 5. The maximum absolute atomic E-state index is 13.4. The molecule has 1 amide bonds. The van der Waals surface area contributed by atoms with Crippen molar-refractivity contribution < 1.29 is 9.18 Å². The van der Waals surface area contributed by atoms with Gasteiger partial charge in [0.25, 0.3) is 0 Å². The summed E-state index contributed by atoms with van der Waals surface area (Å²) < 4.78 is 13.4. The van der Waals surface area contributed by atoms with Crippen LogP contribution in [0, 0.1) is 5.82 Å². The largest absolute Gasteiger partial charge is 0.325 e. The van der Waals surface area contributed by atoms with Gasteiger partial charge in [-0.1, -0.05) is 53.7 Å². The maximum atomic E-state index is 13.4. The monoisotopic (exact) mass is 472 g/mol. The molecule has 8 heteroatoms. The average molecular weight is 473 g/mol. The second-order valence-electron chi connectivity index (χ2n) is 8.32. The van der Waals surface area contributed by atoms with E-state index < -0.39 is 11.5 Å². The van der Waals surface area contributed by atoms with E-state index in [9.17, 15) is 9.18 Å². The zero-order chi connectivity index (χ0) is 22.7. The molecule has 0 aliphatic carbocycles. The first-order valence-corrected chi connectivity index (χ1v) is 12.1. The zero-order valence-electron chi connectivity index (χ0n) is 18.1. The van der Waals surface area contributed by atoms with Crippen LogP contribution in [-0.2, 0) is 4.79 Å². The van der Waals surface area contributed by atoms with Crippen LogP contribution in [0.2, 0.25) is 5.02 Å². The molecule has 0 radical (unpaired) electrons. The van der Waals surface area contributed by atoms with E-state index >= 15 is 0 Å². The van der Waals surface area contributed by atoms with Crippen LogP contribution in [0.15, 0.2) is 58.5 Å². The van der Waals surface area contributed by atoms with Crippen molar-refractivity contribution in [1.29, 1.82) is 0 Å². The molecule has 1 saturated heterocycles. The predicted octanol–water partition coefficient (Wildman–Crippen LogP) is 5.25. The van der Waals surface area contributed by atoms with E-state index in [4.69, 9.17) is 21.6 Å². The van der Waals surface area contributed by atoms with Crippen LogP contribution >= 0.6 is 23.4 Å². The number of hydrogen-bond donors (Lipinski definition) is 1. The quantitative estimate of drug-likeness (QED) is 0.646. The zero-order valence-corrected chi connectivity index (χ0v) is 19.7. The predicted molar refractivity (Wildman–Crippen MR) is 132 cm³/mol. The lowest BCUT2D eigenvalue weighted by Crippen LogP contribution is -2.44. The van der Waals surface area contributed by atoms with Crippen LogP contribution in [-0.4, -0.2) is 52.1 Å². The number of benzene rings is 2. The lowest BCUT2D eigenvalue weighted by Gasteiger charge is -2.37. The molecule has 32 heavy (non-hydrogen) atoms. The highest BCUT2D eigenvalue weighted by Gasteiger charge is 2.40. The summed E-state index contributed by atoms with van der Waals surface area (Å²) in [5.74, 6) is -0.548. The average Bonchev–Trinajstić information content (AvgIpc) is 3.14. The summed E-state index contributed by atoms with van der Waals surface area (Å²) in [7, 11) is 0. The van der Waals surface area contributed by atoms with Gasteiger partial charge >= 0.3 is 0 Å². The third-order valence-electron chi connectivity index (χ3n) is 5.75. The van der Waals surface area contributed by atoms with Crippen LogP contribution in [0.3, 0.4) is 0 Å². The highest BCUT2D eigenvalue weighted by molar-refractivity contribution is 8.16. The van der Waals surface area contributed by atoms with Gasteiger partial charge in [0, 0.05) is 43.2 Å². The van der Waals surface area contributed by atoms with Crippen molar-refractivity contribution in [2.24, 2.45) is 9.98 Å². The Hall–Kier alpha value is -2.22. The van der Waals surface area contributed by atoms with Crippen molar-refractivity contribution in [2.75, 3.05) is 24.2 Å². The van der Waals surface area contributed by atoms with Crippen molar-refractivity contribution in [3.63, 3.8) is 0 Å². The minimum atomic E-state index is -0.517. The third-order valence-corrected chi connectivity index (χ3v) is 7.01. The summed E-state index contributed by atoms with van der Waals surface area (Å²) in [6.07, 6.45) is 1.73. The van der Waals surface area contributed by atoms with Gasteiger partial charge in [0.05, 0.1) is 16.5 Å². The van der Waals surface area contributed by atoms with Gasteiger partial charge in [-0.25, -0.2) is 9.38 Å². The number of aliphatic imine (C=N–C) groups is 2.